The zero-order chi connectivity index (χ0) is 12.8. The van der Waals surface area contributed by atoms with Crippen molar-refractivity contribution >= 4 is 22.6 Å². The zero-order valence-corrected chi connectivity index (χ0v) is 10.9. The van der Waals surface area contributed by atoms with Gasteiger partial charge in [0.1, 0.15) is 10.8 Å². The molecular formula is C13H14N2O2S. The lowest BCUT2D eigenvalue weighted by Crippen LogP contribution is -2.15. The van der Waals surface area contributed by atoms with Crippen molar-refractivity contribution in [3.8, 4) is 5.75 Å². The molecular weight excluding hydrogens is 248 g/mol. The molecule has 1 heterocycles. The normalized spacial score (nSPS) is 10.1. The molecule has 1 N–H and O–H groups in total. The van der Waals surface area contributed by atoms with Gasteiger partial charge in [0.2, 0.25) is 0 Å². The lowest BCUT2D eigenvalue weighted by molar-refractivity contribution is 0.215. The number of aryl methyl sites for hydroxylation is 1. The average Bonchev–Trinajstić information content (AvgIpc) is 2.78. The second-order valence-electron chi connectivity index (χ2n) is 3.76. The third kappa shape index (κ3) is 3.56. The van der Waals surface area contributed by atoms with Gasteiger partial charge in [0.05, 0.1) is 5.69 Å². The number of aromatic nitrogens is 1. The number of hydrogen-bond donors (Lipinski definition) is 1. The molecule has 4 nitrogen and oxygen atoms in total. The highest BCUT2D eigenvalue weighted by atomic mass is 32.1. The van der Waals surface area contributed by atoms with Crippen molar-refractivity contribution in [1.82, 2.24) is 4.37 Å². The third-order valence-corrected chi connectivity index (χ3v) is 2.99. The summed E-state index contributed by atoms with van der Waals surface area (Å²) >= 11 is 1.27. The number of benzene rings is 1. The van der Waals surface area contributed by atoms with E-state index in [1.807, 2.05) is 24.3 Å². The highest BCUT2D eigenvalue weighted by molar-refractivity contribution is 7.10. The Kier molecular flexibility index (Phi) is 4.30. The first-order chi connectivity index (χ1) is 8.78. The molecule has 0 bridgehead atoms. The first-order valence-electron chi connectivity index (χ1n) is 5.77. The van der Waals surface area contributed by atoms with Gasteiger partial charge in [-0.05, 0) is 36.2 Å². The minimum absolute atomic E-state index is 0.493. The standard InChI is InChI=1S/C13H14N2O2S/c1-2-6-10-9-12(18-15-10)14-13(16)17-11-7-4-3-5-8-11/h3-5,7-9H,2,6H2,1H3,(H,14,16). The van der Waals surface area contributed by atoms with Gasteiger partial charge in [0.25, 0.3) is 0 Å². The Labute approximate surface area is 110 Å². The number of nitrogens with one attached hydrogen (secondary N) is 1. The van der Waals surface area contributed by atoms with Gasteiger partial charge in [-0.25, -0.2) is 4.79 Å². The quantitative estimate of drug-likeness (QED) is 0.913. The molecule has 0 radical (unpaired) electrons. The van der Waals surface area contributed by atoms with Crippen LogP contribution >= 0.6 is 11.5 Å². The van der Waals surface area contributed by atoms with Crippen molar-refractivity contribution in [1.29, 1.82) is 0 Å². The van der Waals surface area contributed by atoms with Crippen molar-refractivity contribution in [2.24, 2.45) is 0 Å². The Bertz CT molecular complexity index is 511. The van der Waals surface area contributed by atoms with Crippen LogP contribution in [0.1, 0.15) is 19.0 Å². The van der Waals surface area contributed by atoms with Crippen LogP contribution in [-0.2, 0) is 6.42 Å². The largest absolute Gasteiger partial charge is 0.417 e. The second kappa shape index (κ2) is 6.16. The fourth-order valence-corrected chi connectivity index (χ4v) is 2.14. The Balaban J connectivity index is 1.90. The van der Waals surface area contributed by atoms with Gasteiger partial charge in [-0.2, -0.15) is 4.37 Å². The predicted octanol–water partition coefficient (Wildman–Crippen LogP) is 3.71. The number of carbonyl (C=O) groups excluding carboxylic acids is 1. The Morgan fingerprint density at radius 1 is 1.39 bits per heavy atom. The fourth-order valence-electron chi connectivity index (χ4n) is 1.47. The minimum Gasteiger partial charge on any atom is -0.410 e. The molecule has 0 aliphatic heterocycles. The third-order valence-electron chi connectivity index (χ3n) is 2.24. The number of amides is 1. The van der Waals surface area contributed by atoms with E-state index in [1.54, 1.807) is 12.1 Å². The average molecular weight is 262 g/mol. The van der Waals surface area contributed by atoms with E-state index in [2.05, 4.69) is 16.6 Å². The van der Waals surface area contributed by atoms with Crippen molar-refractivity contribution in [3.05, 3.63) is 42.1 Å². The molecule has 0 atom stereocenters. The summed E-state index contributed by atoms with van der Waals surface area (Å²) in [5, 5.41) is 3.37. The van der Waals surface area contributed by atoms with E-state index in [9.17, 15) is 4.79 Å². The predicted molar refractivity (Wildman–Crippen MR) is 72.2 cm³/mol. The molecule has 0 aliphatic carbocycles. The van der Waals surface area contributed by atoms with Gasteiger partial charge >= 0.3 is 6.09 Å². The second-order valence-corrected chi connectivity index (χ2v) is 4.57. The van der Waals surface area contributed by atoms with Gasteiger partial charge < -0.3 is 4.74 Å². The molecule has 0 aliphatic rings. The lowest BCUT2D eigenvalue weighted by Gasteiger charge is -2.03. The van der Waals surface area contributed by atoms with Crippen LogP contribution in [0.4, 0.5) is 9.80 Å². The smallest absolute Gasteiger partial charge is 0.410 e. The van der Waals surface area contributed by atoms with Crippen LogP contribution in [0.3, 0.4) is 0 Å². The summed E-state index contributed by atoms with van der Waals surface area (Å²) in [6, 6.07) is 10.8. The van der Waals surface area contributed by atoms with Crippen LogP contribution in [0.15, 0.2) is 36.4 Å². The minimum atomic E-state index is -0.493. The van der Waals surface area contributed by atoms with E-state index in [0.717, 1.165) is 18.5 Å². The van der Waals surface area contributed by atoms with Gasteiger partial charge in [-0.3, -0.25) is 5.32 Å². The number of anilines is 1. The van der Waals surface area contributed by atoms with E-state index in [0.29, 0.717) is 10.8 Å². The van der Waals surface area contributed by atoms with Crippen LogP contribution in [0.2, 0.25) is 0 Å². The molecule has 18 heavy (non-hydrogen) atoms. The SMILES string of the molecule is CCCc1cc(NC(=O)Oc2ccccc2)sn1. The van der Waals surface area contributed by atoms with E-state index < -0.39 is 6.09 Å². The number of hydrogen-bond acceptors (Lipinski definition) is 4. The summed E-state index contributed by atoms with van der Waals surface area (Å²) in [5.41, 5.74) is 0.998. The van der Waals surface area contributed by atoms with Gasteiger partial charge in [0.15, 0.2) is 0 Å². The van der Waals surface area contributed by atoms with E-state index in [-0.39, 0.29) is 0 Å². The maximum absolute atomic E-state index is 11.6. The number of carbonyl (C=O) groups is 1. The molecule has 0 fully saturated rings. The Hall–Kier alpha value is -1.88. The van der Waals surface area contributed by atoms with Crippen molar-refractivity contribution in [3.63, 3.8) is 0 Å². The number of para-hydroxylation sites is 1. The van der Waals surface area contributed by atoms with Gasteiger partial charge in [0, 0.05) is 0 Å². The zero-order valence-electron chi connectivity index (χ0n) is 10.1. The lowest BCUT2D eigenvalue weighted by atomic mass is 10.2. The number of rotatable bonds is 4. The summed E-state index contributed by atoms with van der Waals surface area (Å²) in [5.74, 6) is 0.522. The van der Waals surface area contributed by atoms with Crippen molar-refractivity contribution in [2.75, 3.05) is 5.32 Å². The van der Waals surface area contributed by atoms with Crippen LogP contribution in [0.5, 0.6) is 5.75 Å². The van der Waals surface area contributed by atoms with Gasteiger partial charge in [-0.15, -0.1) is 0 Å². The molecule has 0 spiro atoms. The summed E-state index contributed by atoms with van der Waals surface area (Å²) < 4.78 is 9.35. The highest BCUT2D eigenvalue weighted by Gasteiger charge is 2.07. The molecule has 2 aromatic rings. The van der Waals surface area contributed by atoms with Crippen LogP contribution in [0.25, 0.3) is 0 Å². The maximum atomic E-state index is 11.6. The monoisotopic (exact) mass is 262 g/mol. The van der Waals surface area contributed by atoms with E-state index in [1.165, 1.54) is 11.5 Å². The van der Waals surface area contributed by atoms with E-state index >= 15 is 0 Å². The molecule has 2 rings (SSSR count). The Morgan fingerprint density at radius 2 is 2.17 bits per heavy atom. The maximum Gasteiger partial charge on any atom is 0.417 e. The van der Waals surface area contributed by atoms with E-state index in [4.69, 9.17) is 4.74 Å². The van der Waals surface area contributed by atoms with Crippen LogP contribution < -0.4 is 10.1 Å². The molecule has 0 saturated carbocycles. The first kappa shape index (κ1) is 12.6. The molecule has 1 amide bonds. The molecule has 1 aromatic carbocycles. The molecule has 1 aromatic heterocycles. The van der Waals surface area contributed by atoms with Crippen molar-refractivity contribution < 1.29 is 9.53 Å². The van der Waals surface area contributed by atoms with Crippen LogP contribution in [-0.4, -0.2) is 10.5 Å². The molecule has 0 saturated heterocycles. The topological polar surface area (TPSA) is 51.2 Å². The van der Waals surface area contributed by atoms with Crippen LogP contribution in [0, 0.1) is 0 Å². The summed E-state index contributed by atoms with van der Waals surface area (Å²) in [6.07, 6.45) is 1.47. The van der Waals surface area contributed by atoms with Crippen molar-refractivity contribution in [2.45, 2.75) is 19.8 Å². The highest BCUT2D eigenvalue weighted by Crippen LogP contribution is 2.18. The molecule has 5 heteroatoms. The van der Waals surface area contributed by atoms with Gasteiger partial charge in [-0.1, -0.05) is 31.5 Å². The molecule has 94 valence electrons. The first-order valence-corrected chi connectivity index (χ1v) is 6.54. The summed E-state index contributed by atoms with van der Waals surface area (Å²) in [7, 11) is 0. The summed E-state index contributed by atoms with van der Waals surface area (Å²) in [6.45, 7) is 2.09. The number of ether oxygens (including phenoxy) is 1. The molecule has 0 unspecified atom stereocenters. The Morgan fingerprint density at radius 3 is 2.89 bits per heavy atom. The summed E-state index contributed by atoms with van der Waals surface area (Å²) in [4.78, 5) is 11.6. The fraction of sp³-hybridized carbons (Fsp3) is 0.231. The number of nitrogens with zero attached hydrogens (tertiary/aromatic N) is 1.